The Kier molecular flexibility index (Phi) is 5.02. The van der Waals surface area contributed by atoms with Gasteiger partial charge in [0, 0.05) is 18.9 Å². The number of fused-ring (bicyclic) bond motifs is 1. The van der Waals surface area contributed by atoms with Crippen LogP contribution in [-0.2, 0) is 6.54 Å². The molecule has 4 N–H and O–H groups in total. The number of nitrogens with two attached hydrogens (primary N) is 2. The van der Waals surface area contributed by atoms with Gasteiger partial charge in [-0.1, -0.05) is 6.07 Å². The van der Waals surface area contributed by atoms with Crippen LogP contribution in [0.15, 0.2) is 42.7 Å². The number of nitrogens with zero attached hydrogens (tertiary/aromatic N) is 4. The normalized spacial score (nSPS) is 15.9. The Morgan fingerprint density at radius 1 is 1.04 bits per heavy atom. The molecule has 27 heavy (non-hydrogen) atoms. The monoisotopic (exact) mass is 364 g/mol. The molecule has 3 aromatic rings. The van der Waals surface area contributed by atoms with Crippen LogP contribution in [0.25, 0.3) is 10.9 Å². The summed E-state index contributed by atoms with van der Waals surface area (Å²) in [6.45, 7) is 3.81. The predicted octanol–water partition coefficient (Wildman–Crippen LogP) is 2.48. The Morgan fingerprint density at radius 3 is 2.59 bits per heavy atom. The van der Waals surface area contributed by atoms with Crippen molar-refractivity contribution in [2.75, 3.05) is 31.2 Å². The van der Waals surface area contributed by atoms with Gasteiger partial charge in [0.05, 0.1) is 17.5 Å². The lowest BCUT2D eigenvalue weighted by molar-refractivity contribution is 0.137. The summed E-state index contributed by atoms with van der Waals surface area (Å²) in [7, 11) is 0. The van der Waals surface area contributed by atoms with Gasteiger partial charge in [-0.15, -0.1) is 0 Å². The topological polar surface area (TPSA) is 103 Å². The first-order chi connectivity index (χ1) is 13.2. The minimum atomic E-state index is 0.179. The van der Waals surface area contributed by atoms with Gasteiger partial charge in [-0.05, 0) is 61.7 Å². The van der Waals surface area contributed by atoms with E-state index in [1.54, 1.807) is 0 Å². The van der Waals surface area contributed by atoms with Crippen LogP contribution in [0.5, 0.6) is 5.75 Å². The number of ether oxygens (including phenoxy) is 1. The van der Waals surface area contributed by atoms with Crippen molar-refractivity contribution in [3.8, 4) is 5.75 Å². The van der Waals surface area contributed by atoms with Crippen molar-refractivity contribution < 1.29 is 4.74 Å². The number of benzene rings is 1. The van der Waals surface area contributed by atoms with E-state index in [2.05, 4.69) is 32.0 Å². The van der Waals surface area contributed by atoms with Gasteiger partial charge in [0.15, 0.2) is 0 Å². The van der Waals surface area contributed by atoms with Crippen molar-refractivity contribution in [3.63, 3.8) is 0 Å². The minimum absolute atomic E-state index is 0.179. The maximum Gasteiger partial charge on any atom is 0.222 e. The summed E-state index contributed by atoms with van der Waals surface area (Å²) in [5.74, 6) is 1.80. The van der Waals surface area contributed by atoms with Crippen LogP contribution < -0.4 is 16.2 Å². The van der Waals surface area contributed by atoms with Gasteiger partial charge in [0.25, 0.3) is 0 Å². The lowest BCUT2D eigenvalue weighted by Gasteiger charge is -2.31. The first kappa shape index (κ1) is 17.5. The largest absolute Gasteiger partial charge is 0.492 e. The SMILES string of the molecule is Nc1nc(N)c2c(OCC3CCN(Cc4ccncc4)CC3)cccc2n1. The molecule has 2 aromatic heterocycles. The first-order valence-corrected chi connectivity index (χ1v) is 9.25. The molecule has 0 amide bonds. The summed E-state index contributed by atoms with van der Waals surface area (Å²) in [4.78, 5) is 14.9. The molecule has 0 radical (unpaired) electrons. The Bertz CT molecular complexity index is 909. The number of likely N-dealkylation sites (tertiary alicyclic amines) is 1. The van der Waals surface area contributed by atoms with Crippen molar-refractivity contribution in [3.05, 3.63) is 48.3 Å². The number of hydrogen-bond donors (Lipinski definition) is 2. The molecule has 4 rings (SSSR count). The molecule has 1 aliphatic rings. The molecule has 1 saturated heterocycles. The van der Waals surface area contributed by atoms with E-state index in [1.165, 1.54) is 5.56 Å². The third-order valence-corrected chi connectivity index (χ3v) is 5.07. The standard InChI is InChI=1S/C20H24N6O/c21-19-18-16(24-20(22)25-19)2-1-3-17(18)27-13-15-6-10-26(11-7-15)12-14-4-8-23-9-5-14/h1-5,8-9,15H,6-7,10-13H2,(H4,21,22,24,25). The third kappa shape index (κ3) is 4.09. The third-order valence-electron chi connectivity index (χ3n) is 5.07. The van der Waals surface area contributed by atoms with E-state index in [4.69, 9.17) is 16.2 Å². The van der Waals surface area contributed by atoms with Crippen molar-refractivity contribution in [1.82, 2.24) is 19.9 Å². The van der Waals surface area contributed by atoms with Gasteiger partial charge in [0.2, 0.25) is 5.95 Å². The number of hydrogen-bond acceptors (Lipinski definition) is 7. The Morgan fingerprint density at radius 2 is 1.81 bits per heavy atom. The van der Waals surface area contributed by atoms with Crippen LogP contribution >= 0.6 is 0 Å². The molecular formula is C20H24N6O. The van der Waals surface area contributed by atoms with Crippen molar-refractivity contribution in [1.29, 1.82) is 0 Å². The summed E-state index contributed by atoms with van der Waals surface area (Å²) in [5, 5.41) is 0.738. The number of pyridine rings is 1. The summed E-state index contributed by atoms with van der Waals surface area (Å²) in [6.07, 6.45) is 5.94. The fourth-order valence-electron chi connectivity index (χ4n) is 3.58. The van der Waals surface area contributed by atoms with Crippen LogP contribution in [0.2, 0.25) is 0 Å². The molecule has 0 unspecified atom stereocenters. The van der Waals surface area contributed by atoms with E-state index in [-0.39, 0.29) is 5.95 Å². The van der Waals surface area contributed by atoms with Crippen molar-refractivity contribution in [2.45, 2.75) is 19.4 Å². The van der Waals surface area contributed by atoms with E-state index in [0.29, 0.717) is 23.9 Å². The van der Waals surface area contributed by atoms with Gasteiger partial charge < -0.3 is 16.2 Å². The smallest absolute Gasteiger partial charge is 0.222 e. The van der Waals surface area contributed by atoms with Crippen LogP contribution in [0, 0.1) is 5.92 Å². The highest BCUT2D eigenvalue weighted by Gasteiger charge is 2.20. The molecule has 0 bridgehead atoms. The molecule has 0 aliphatic carbocycles. The molecule has 7 nitrogen and oxygen atoms in total. The van der Waals surface area contributed by atoms with E-state index >= 15 is 0 Å². The van der Waals surface area contributed by atoms with Crippen LogP contribution in [0.3, 0.4) is 0 Å². The Labute approximate surface area is 158 Å². The quantitative estimate of drug-likeness (QED) is 0.717. The molecule has 0 atom stereocenters. The van der Waals surface area contributed by atoms with Gasteiger partial charge in [-0.3, -0.25) is 9.88 Å². The molecule has 1 aromatic carbocycles. The van der Waals surface area contributed by atoms with E-state index in [0.717, 1.165) is 43.6 Å². The van der Waals surface area contributed by atoms with E-state index in [9.17, 15) is 0 Å². The molecule has 0 saturated carbocycles. The van der Waals surface area contributed by atoms with Crippen LogP contribution in [-0.4, -0.2) is 39.5 Å². The Balaban J connectivity index is 1.35. The maximum atomic E-state index is 6.11. The van der Waals surface area contributed by atoms with Crippen molar-refractivity contribution >= 4 is 22.7 Å². The van der Waals surface area contributed by atoms with Gasteiger partial charge in [0.1, 0.15) is 11.6 Å². The minimum Gasteiger partial charge on any atom is -0.492 e. The lowest BCUT2D eigenvalue weighted by atomic mass is 9.97. The molecular weight excluding hydrogens is 340 g/mol. The van der Waals surface area contributed by atoms with Gasteiger partial charge in [-0.2, -0.15) is 4.98 Å². The highest BCUT2D eigenvalue weighted by atomic mass is 16.5. The fourth-order valence-corrected chi connectivity index (χ4v) is 3.58. The van der Waals surface area contributed by atoms with Gasteiger partial charge in [-0.25, -0.2) is 4.98 Å². The fraction of sp³-hybridized carbons (Fsp3) is 0.350. The average molecular weight is 364 g/mol. The number of rotatable bonds is 5. The van der Waals surface area contributed by atoms with E-state index < -0.39 is 0 Å². The maximum absolute atomic E-state index is 6.11. The highest BCUT2D eigenvalue weighted by molar-refractivity contribution is 5.94. The molecule has 0 spiro atoms. The predicted molar refractivity (Wildman–Crippen MR) is 106 cm³/mol. The summed E-state index contributed by atoms with van der Waals surface area (Å²) >= 11 is 0. The number of aromatic nitrogens is 3. The number of anilines is 2. The zero-order valence-electron chi connectivity index (χ0n) is 15.2. The molecule has 7 heteroatoms. The van der Waals surface area contributed by atoms with Gasteiger partial charge >= 0.3 is 0 Å². The van der Waals surface area contributed by atoms with Crippen molar-refractivity contribution in [2.24, 2.45) is 5.92 Å². The number of nitrogen functional groups attached to an aromatic ring is 2. The zero-order chi connectivity index (χ0) is 18.6. The van der Waals surface area contributed by atoms with Crippen LogP contribution in [0.4, 0.5) is 11.8 Å². The van der Waals surface area contributed by atoms with E-state index in [1.807, 2.05) is 30.6 Å². The molecule has 3 heterocycles. The number of piperidine rings is 1. The second kappa shape index (κ2) is 7.75. The second-order valence-corrected chi connectivity index (χ2v) is 7.00. The molecule has 1 aliphatic heterocycles. The summed E-state index contributed by atoms with van der Waals surface area (Å²) in [6, 6.07) is 9.84. The lowest BCUT2D eigenvalue weighted by Crippen LogP contribution is -2.35. The second-order valence-electron chi connectivity index (χ2n) is 7.00. The molecule has 1 fully saturated rings. The zero-order valence-corrected chi connectivity index (χ0v) is 15.2. The highest BCUT2D eigenvalue weighted by Crippen LogP contribution is 2.30. The summed E-state index contributed by atoms with van der Waals surface area (Å²) in [5.41, 5.74) is 13.7. The Hall–Kier alpha value is -2.93. The first-order valence-electron chi connectivity index (χ1n) is 9.25. The van der Waals surface area contributed by atoms with Crippen LogP contribution in [0.1, 0.15) is 18.4 Å². The molecule has 140 valence electrons. The summed E-state index contributed by atoms with van der Waals surface area (Å²) < 4.78 is 6.11. The average Bonchev–Trinajstić information content (AvgIpc) is 2.68.